The van der Waals surface area contributed by atoms with E-state index >= 15 is 0 Å². The summed E-state index contributed by atoms with van der Waals surface area (Å²) < 4.78 is 21.6. The Hall–Kier alpha value is -3.31. The first-order chi connectivity index (χ1) is 15.0. The van der Waals surface area contributed by atoms with Crippen LogP contribution in [0.3, 0.4) is 0 Å². The van der Waals surface area contributed by atoms with E-state index in [4.69, 9.17) is 4.74 Å². The molecule has 0 radical (unpaired) electrons. The highest BCUT2D eigenvalue weighted by atomic mass is 19.1. The summed E-state index contributed by atoms with van der Waals surface area (Å²) in [7, 11) is 1.46. The van der Waals surface area contributed by atoms with Crippen molar-refractivity contribution in [3.63, 3.8) is 0 Å². The van der Waals surface area contributed by atoms with Gasteiger partial charge in [-0.15, -0.1) is 0 Å². The van der Waals surface area contributed by atoms with E-state index in [1.54, 1.807) is 12.3 Å². The third-order valence-electron chi connectivity index (χ3n) is 5.40. The number of anilines is 1. The summed E-state index contributed by atoms with van der Waals surface area (Å²) in [6.07, 6.45) is 4.72. The molecule has 31 heavy (non-hydrogen) atoms. The van der Waals surface area contributed by atoms with Crippen LogP contribution in [0.15, 0.2) is 41.6 Å². The van der Waals surface area contributed by atoms with E-state index in [0.29, 0.717) is 18.9 Å². The number of rotatable bonds is 6. The molecule has 3 aromatic heterocycles. The van der Waals surface area contributed by atoms with Gasteiger partial charge in [0.2, 0.25) is 0 Å². The number of pyridine rings is 1. The van der Waals surface area contributed by atoms with Gasteiger partial charge in [-0.3, -0.25) is 9.59 Å². The van der Waals surface area contributed by atoms with Crippen molar-refractivity contribution in [3.8, 4) is 0 Å². The van der Waals surface area contributed by atoms with Crippen LogP contribution in [0.5, 0.6) is 0 Å². The van der Waals surface area contributed by atoms with Crippen molar-refractivity contribution in [1.82, 2.24) is 24.1 Å². The van der Waals surface area contributed by atoms with Gasteiger partial charge in [0, 0.05) is 38.6 Å². The van der Waals surface area contributed by atoms with E-state index in [0.717, 1.165) is 19.0 Å². The van der Waals surface area contributed by atoms with Crippen molar-refractivity contribution in [1.29, 1.82) is 0 Å². The van der Waals surface area contributed by atoms with Crippen LogP contribution >= 0.6 is 0 Å². The molecule has 164 valence electrons. The molecule has 0 aliphatic carbocycles. The molecule has 1 aliphatic heterocycles. The molecular weight excluding hydrogens is 407 g/mol. The van der Waals surface area contributed by atoms with Crippen molar-refractivity contribution in [2.24, 2.45) is 0 Å². The second-order valence-electron chi connectivity index (χ2n) is 7.32. The lowest BCUT2D eigenvalue weighted by molar-refractivity contribution is 0.0673. The van der Waals surface area contributed by atoms with E-state index in [1.807, 2.05) is 4.57 Å². The molecule has 3 aromatic rings. The van der Waals surface area contributed by atoms with Crippen LogP contribution in [-0.2, 0) is 4.74 Å². The highest BCUT2D eigenvalue weighted by Gasteiger charge is 2.27. The van der Waals surface area contributed by atoms with Crippen molar-refractivity contribution in [2.75, 3.05) is 32.2 Å². The Morgan fingerprint density at radius 3 is 2.84 bits per heavy atom. The van der Waals surface area contributed by atoms with Crippen LogP contribution in [0.2, 0.25) is 0 Å². The van der Waals surface area contributed by atoms with Gasteiger partial charge in [-0.1, -0.05) is 0 Å². The summed E-state index contributed by atoms with van der Waals surface area (Å²) >= 11 is 0. The number of carbonyl (C=O) groups is 1. The number of aliphatic hydroxyl groups is 1. The minimum atomic E-state index is -0.880. The third kappa shape index (κ3) is 4.14. The van der Waals surface area contributed by atoms with Crippen molar-refractivity contribution >= 4 is 17.4 Å². The molecule has 0 saturated carbocycles. The Bertz CT molecular complexity index is 1120. The fourth-order valence-corrected chi connectivity index (χ4v) is 3.65. The predicted octanol–water partition coefficient (Wildman–Crippen LogP) is 0.884. The fourth-order valence-electron chi connectivity index (χ4n) is 3.65. The first-order valence-electron chi connectivity index (χ1n) is 9.92. The second-order valence-corrected chi connectivity index (χ2v) is 7.32. The number of likely N-dealkylation sites (N-methyl/N-ethyl adjacent to an activating group) is 1. The van der Waals surface area contributed by atoms with Gasteiger partial charge >= 0.3 is 0 Å². The molecule has 0 spiro atoms. The molecule has 1 saturated heterocycles. The van der Waals surface area contributed by atoms with Gasteiger partial charge in [0.1, 0.15) is 29.0 Å². The molecule has 4 rings (SSSR count). The number of hydrogen-bond acceptors (Lipinski definition) is 7. The molecule has 1 atom stereocenters. The van der Waals surface area contributed by atoms with Gasteiger partial charge in [-0.25, -0.2) is 9.37 Å². The third-order valence-corrected chi connectivity index (χ3v) is 5.40. The Morgan fingerprint density at radius 1 is 1.39 bits per heavy atom. The fraction of sp³-hybridized carbons (Fsp3) is 0.400. The zero-order valence-electron chi connectivity index (χ0n) is 16.9. The molecule has 11 heteroatoms. The number of nitrogens with zero attached hydrogens (tertiary/aromatic N) is 5. The Balaban J connectivity index is 1.66. The monoisotopic (exact) mass is 430 g/mol. The molecule has 1 fully saturated rings. The molecule has 1 aliphatic rings. The number of aliphatic hydroxyl groups excluding tert-OH is 1. The highest BCUT2D eigenvalue weighted by molar-refractivity contribution is 5.94. The summed E-state index contributed by atoms with van der Waals surface area (Å²) in [5, 5.41) is 16.8. The Kier molecular flexibility index (Phi) is 5.96. The molecule has 1 unspecified atom stereocenters. The van der Waals surface area contributed by atoms with Crippen LogP contribution in [0, 0.1) is 5.82 Å². The van der Waals surface area contributed by atoms with Crippen LogP contribution < -0.4 is 10.9 Å². The average Bonchev–Trinajstić information content (AvgIpc) is 3.29. The first kappa shape index (κ1) is 20.9. The molecule has 2 N–H and O–H groups in total. The number of hydrogen-bond donors (Lipinski definition) is 2. The smallest absolute Gasteiger partial charge is 0.287 e. The number of ether oxygens (including phenoxy) is 1. The van der Waals surface area contributed by atoms with Gasteiger partial charge < -0.3 is 24.6 Å². The maximum atomic E-state index is 13.2. The maximum Gasteiger partial charge on any atom is 0.287 e. The Morgan fingerprint density at radius 2 is 2.16 bits per heavy atom. The summed E-state index contributed by atoms with van der Waals surface area (Å²) in [5.74, 6) is -0.809. The van der Waals surface area contributed by atoms with Crippen molar-refractivity contribution in [2.45, 2.75) is 25.0 Å². The van der Waals surface area contributed by atoms with Crippen LogP contribution in [0.4, 0.5) is 10.2 Å². The predicted molar refractivity (Wildman–Crippen MR) is 109 cm³/mol. The minimum Gasteiger partial charge on any atom is -0.392 e. The summed E-state index contributed by atoms with van der Waals surface area (Å²) in [4.78, 5) is 31.3. The summed E-state index contributed by atoms with van der Waals surface area (Å²) in [5.41, 5.74) is -0.0160. The zero-order chi connectivity index (χ0) is 22.0. The molecule has 0 bridgehead atoms. The van der Waals surface area contributed by atoms with Crippen molar-refractivity contribution in [3.05, 3.63) is 58.5 Å². The van der Waals surface area contributed by atoms with Gasteiger partial charge in [0.05, 0.1) is 19.0 Å². The van der Waals surface area contributed by atoms with Gasteiger partial charge in [0.25, 0.3) is 11.5 Å². The second kappa shape index (κ2) is 8.82. The van der Waals surface area contributed by atoms with Gasteiger partial charge in [-0.05, 0) is 25.0 Å². The number of carbonyl (C=O) groups excluding carboxylic acids is 1. The quantitative estimate of drug-likeness (QED) is 0.558. The van der Waals surface area contributed by atoms with E-state index < -0.39 is 30.1 Å². The van der Waals surface area contributed by atoms with Crippen LogP contribution in [0.1, 0.15) is 29.2 Å². The van der Waals surface area contributed by atoms with E-state index in [1.165, 1.54) is 34.8 Å². The largest absolute Gasteiger partial charge is 0.392 e. The number of amides is 1. The Labute approximate surface area is 176 Å². The SMILES string of the molecule is CN(C(=O)c1cn(C2CCOCC2)c2ccnn2c1=O)C(CO)Nc1ccc(F)cn1. The maximum absolute atomic E-state index is 13.2. The molecule has 10 nitrogen and oxygen atoms in total. The molecule has 0 aromatic carbocycles. The van der Waals surface area contributed by atoms with Crippen LogP contribution in [-0.4, -0.2) is 68.1 Å². The highest BCUT2D eigenvalue weighted by Crippen LogP contribution is 2.23. The lowest BCUT2D eigenvalue weighted by Gasteiger charge is -2.29. The van der Waals surface area contributed by atoms with E-state index in [-0.39, 0.29) is 17.4 Å². The van der Waals surface area contributed by atoms with E-state index in [2.05, 4.69) is 15.4 Å². The first-order valence-corrected chi connectivity index (χ1v) is 9.92. The lowest BCUT2D eigenvalue weighted by atomic mass is 10.1. The standard InChI is InChI=1S/C20H23FN6O4/c1-25(17(12-28)24-16-3-2-13(21)10-22-16)19(29)15-11-26(14-5-8-31-9-6-14)18-4-7-23-27(18)20(15)30/h2-4,7,10-11,14,17,28H,5-6,8-9,12H2,1H3,(H,22,24). The van der Waals surface area contributed by atoms with Crippen LogP contribution in [0.25, 0.3) is 5.65 Å². The topological polar surface area (TPSA) is 114 Å². The molecule has 1 amide bonds. The lowest BCUT2D eigenvalue weighted by Crippen LogP contribution is -2.46. The zero-order valence-corrected chi connectivity index (χ0v) is 16.9. The minimum absolute atomic E-state index is 0.0700. The summed E-state index contributed by atoms with van der Waals surface area (Å²) in [6, 6.07) is 4.40. The van der Waals surface area contributed by atoms with E-state index in [9.17, 15) is 19.1 Å². The van der Waals surface area contributed by atoms with Gasteiger partial charge in [-0.2, -0.15) is 9.61 Å². The number of fused-ring (bicyclic) bond motifs is 1. The van der Waals surface area contributed by atoms with Gasteiger partial charge in [0.15, 0.2) is 0 Å². The normalized spacial score (nSPS) is 15.7. The number of nitrogens with one attached hydrogen (secondary N) is 1. The average molecular weight is 430 g/mol. The molecular formula is C20H23FN6O4. The summed E-state index contributed by atoms with van der Waals surface area (Å²) in [6.45, 7) is 0.752. The number of halogens is 1. The number of aromatic nitrogens is 4. The van der Waals surface area contributed by atoms with Crippen molar-refractivity contribution < 1.29 is 19.0 Å². The molecule has 4 heterocycles.